The van der Waals surface area contributed by atoms with Crippen LogP contribution in [0, 0.1) is 23.2 Å². The zero-order valence-corrected chi connectivity index (χ0v) is 19.7. The molecular weight excluding hydrogens is 372 g/mol. The fourth-order valence-corrected chi connectivity index (χ4v) is 6.74. The highest BCUT2D eigenvalue weighted by molar-refractivity contribution is 5.38. The second-order valence-corrected chi connectivity index (χ2v) is 11.3. The molecule has 0 heterocycles. The Kier molecular flexibility index (Phi) is 7.37. The summed E-state index contributed by atoms with van der Waals surface area (Å²) in [5, 5.41) is 30.2. The summed E-state index contributed by atoms with van der Waals surface area (Å²) in [4.78, 5) is 0. The molecule has 3 rings (SSSR count). The number of rotatable bonds is 6. The van der Waals surface area contributed by atoms with E-state index in [4.69, 9.17) is 0 Å². The molecule has 3 saturated carbocycles. The smallest absolute Gasteiger partial charge is 0.0811 e. The summed E-state index contributed by atoms with van der Waals surface area (Å²) >= 11 is 0. The van der Waals surface area contributed by atoms with E-state index in [0.29, 0.717) is 30.1 Å². The van der Waals surface area contributed by atoms with Gasteiger partial charge in [0.05, 0.1) is 17.8 Å². The van der Waals surface area contributed by atoms with Crippen molar-refractivity contribution >= 4 is 0 Å². The van der Waals surface area contributed by atoms with Crippen LogP contribution in [0.25, 0.3) is 0 Å². The van der Waals surface area contributed by atoms with Crippen LogP contribution in [0.1, 0.15) is 91.9 Å². The molecule has 0 saturated heterocycles. The second kappa shape index (κ2) is 9.30. The Bertz CT molecular complexity index is 683. The van der Waals surface area contributed by atoms with Gasteiger partial charge >= 0.3 is 0 Å². The molecule has 3 aliphatic rings. The van der Waals surface area contributed by atoms with Crippen LogP contribution in [0.15, 0.2) is 35.5 Å². The predicted octanol–water partition coefficient (Wildman–Crippen LogP) is 5.70. The van der Waals surface area contributed by atoms with Gasteiger partial charge in [0.1, 0.15) is 0 Å². The van der Waals surface area contributed by atoms with E-state index in [1.54, 1.807) is 5.57 Å². The summed E-state index contributed by atoms with van der Waals surface area (Å²) in [5.41, 5.74) is 3.17. The van der Waals surface area contributed by atoms with Gasteiger partial charge in [-0.25, -0.2) is 0 Å². The number of aliphatic hydroxyl groups excluding tert-OH is 2. The van der Waals surface area contributed by atoms with E-state index >= 15 is 0 Å². The van der Waals surface area contributed by atoms with Crippen molar-refractivity contribution in [2.75, 3.05) is 0 Å². The molecule has 0 aliphatic heterocycles. The fourth-order valence-electron chi connectivity index (χ4n) is 6.74. The van der Waals surface area contributed by atoms with E-state index in [0.717, 1.165) is 29.9 Å². The van der Waals surface area contributed by atoms with Gasteiger partial charge in [0, 0.05) is 6.42 Å². The lowest BCUT2D eigenvalue weighted by molar-refractivity contribution is 0.0596. The zero-order valence-electron chi connectivity index (χ0n) is 19.7. The first-order valence-electron chi connectivity index (χ1n) is 12.2. The Morgan fingerprint density at radius 3 is 2.67 bits per heavy atom. The molecule has 3 fully saturated rings. The molecule has 0 radical (unpaired) electrons. The van der Waals surface area contributed by atoms with Crippen molar-refractivity contribution in [3.8, 4) is 0 Å². The maximum absolute atomic E-state index is 10.1. The molecule has 3 aliphatic carbocycles. The van der Waals surface area contributed by atoms with Gasteiger partial charge < -0.3 is 15.3 Å². The molecule has 0 amide bonds. The monoisotopic (exact) mass is 416 g/mol. The van der Waals surface area contributed by atoms with E-state index in [1.165, 1.54) is 38.5 Å². The Labute approximate surface area is 184 Å². The maximum atomic E-state index is 10.1. The third-order valence-electron chi connectivity index (χ3n) is 8.44. The lowest BCUT2D eigenvalue weighted by atomic mass is 9.60. The third kappa shape index (κ3) is 5.29. The molecule has 3 N–H and O–H groups in total. The van der Waals surface area contributed by atoms with Gasteiger partial charge in [-0.2, -0.15) is 0 Å². The minimum atomic E-state index is -0.615. The van der Waals surface area contributed by atoms with Gasteiger partial charge in [0.2, 0.25) is 0 Å². The van der Waals surface area contributed by atoms with E-state index in [-0.39, 0.29) is 0 Å². The Morgan fingerprint density at radius 1 is 1.23 bits per heavy atom. The largest absolute Gasteiger partial charge is 0.393 e. The Balaban J connectivity index is 1.70. The van der Waals surface area contributed by atoms with Crippen LogP contribution < -0.4 is 0 Å². The molecule has 30 heavy (non-hydrogen) atoms. The normalized spacial score (nSPS) is 38.8. The van der Waals surface area contributed by atoms with E-state index in [9.17, 15) is 15.3 Å². The van der Waals surface area contributed by atoms with Crippen LogP contribution in [-0.2, 0) is 0 Å². The van der Waals surface area contributed by atoms with Gasteiger partial charge in [-0.1, -0.05) is 51.0 Å². The molecule has 0 unspecified atom stereocenters. The summed E-state index contributed by atoms with van der Waals surface area (Å²) in [6.07, 6.45) is 13.9. The number of aliphatic hydroxyl groups is 3. The van der Waals surface area contributed by atoms with Crippen LogP contribution in [0.3, 0.4) is 0 Å². The van der Waals surface area contributed by atoms with Crippen LogP contribution in [0.2, 0.25) is 0 Å². The van der Waals surface area contributed by atoms with Gasteiger partial charge in [-0.15, -0.1) is 0 Å². The number of allylic oxidation sites excluding steroid dienone is 3. The second-order valence-electron chi connectivity index (χ2n) is 11.3. The minimum Gasteiger partial charge on any atom is -0.393 e. The van der Waals surface area contributed by atoms with Crippen molar-refractivity contribution in [1.82, 2.24) is 0 Å². The first-order chi connectivity index (χ1) is 14.0. The summed E-state index contributed by atoms with van der Waals surface area (Å²) in [5.74, 6) is 2.11. The standard InChI is InChI=1S/C27H44O3/c1-18(8-6-14-26(3,4)30)23-12-13-24-20(9-7-15-27(23,24)5)10-11-21-16-22(28)17-25(29)19(21)2/h10-11,18,22-25,28-30H,2,6-9,12-17H2,1,3-5H3/b20-10-,21-11-/t18-,22-,23-,24+,25-,27-/m1/s1. The predicted molar refractivity (Wildman–Crippen MR) is 124 cm³/mol. The highest BCUT2D eigenvalue weighted by Crippen LogP contribution is 2.60. The average molecular weight is 417 g/mol. The fraction of sp³-hybridized carbons (Fsp3) is 0.778. The van der Waals surface area contributed by atoms with Crippen molar-refractivity contribution in [3.63, 3.8) is 0 Å². The molecule has 0 spiro atoms. The molecule has 0 bridgehead atoms. The molecule has 6 atom stereocenters. The van der Waals surface area contributed by atoms with Crippen molar-refractivity contribution in [2.24, 2.45) is 23.2 Å². The Hall–Kier alpha value is -0.900. The molecule has 0 aromatic rings. The van der Waals surface area contributed by atoms with Crippen molar-refractivity contribution < 1.29 is 15.3 Å². The molecule has 170 valence electrons. The highest BCUT2D eigenvalue weighted by Gasteiger charge is 2.50. The first-order valence-corrected chi connectivity index (χ1v) is 12.2. The number of hydrogen-bond acceptors (Lipinski definition) is 3. The Morgan fingerprint density at radius 2 is 1.97 bits per heavy atom. The molecule has 3 nitrogen and oxygen atoms in total. The highest BCUT2D eigenvalue weighted by atomic mass is 16.3. The van der Waals surface area contributed by atoms with Crippen molar-refractivity contribution in [3.05, 3.63) is 35.5 Å². The van der Waals surface area contributed by atoms with Crippen LogP contribution in [0.4, 0.5) is 0 Å². The van der Waals surface area contributed by atoms with E-state index in [2.05, 4.69) is 32.6 Å². The van der Waals surface area contributed by atoms with Crippen molar-refractivity contribution in [1.29, 1.82) is 0 Å². The summed E-state index contributed by atoms with van der Waals surface area (Å²) in [7, 11) is 0. The summed E-state index contributed by atoms with van der Waals surface area (Å²) in [6.45, 7) is 12.8. The number of hydrogen-bond donors (Lipinski definition) is 3. The maximum Gasteiger partial charge on any atom is 0.0811 e. The first kappa shape index (κ1) is 23.8. The lowest BCUT2D eigenvalue weighted by Crippen LogP contribution is -2.36. The molecule has 0 aromatic carbocycles. The van der Waals surface area contributed by atoms with Crippen LogP contribution in [0.5, 0.6) is 0 Å². The zero-order chi connectivity index (χ0) is 22.1. The lowest BCUT2D eigenvalue weighted by Gasteiger charge is -2.44. The topological polar surface area (TPSA) is 60.7 Å². The average Bonchev–Trinajstić information content (AvgIpc) is 3.00. The number of fused-ring (bicyclic) bond motifs is 1. The SMILES string of the molecule is C=C1/C(=C\C=C2\CCC[C@]3(C)[C@@H]([C@H](C)CCCC(C)(C)O)CC[C@@H]23)C[C@@H](O)C[C@H]1O. The summed E-state index contributed by atoms with van der Waals surface area (Å²) in [6, 6.07) is 0. The third-order valence-corrected chi connectivity index (χ3v) is 8.44. The minimum absolute atomic E-state index is 0.374. The van der Waals surface area contributed by atoms with Gasteiger partial charge in [-0.05, 0) is 93.1 Å². The molecule has 3 heteroatoms. The molecular formula is C27H44O3. The quantitative estimate of drug-likeness (QED) is 0.520. The van der Waals surface area contributed by atoms with Crippen LogP contribution in [-0.4, -0.2) is 33.1 Å². The van der Waals surface area contributed by atoms with E-state index < -0.39 is 17.8 Å². The van der Waals surface area contributed by atoms with E-state index in [1.807, 2.05) is 13.8 Å². The van der Waals surface area contributed by atoms with Crippen molar-refractivity contribution in [2.45, 2.75) is 110 Å². The molecule has 0 aromatic heterocycles. The van der Waals surface area contributed by atoms with Gasteiger partial charge in [-0.3, -0.25) is 0 Å². The van der Waals surface area contributed by atoms with Gasteiger partial charge in [0.15, 0.2) is 0 Å². The summed E-state index contributed by atoms with van der Waals surface area (Å²) < 4.78 is 0. The van der Waals surface area contributed by atoms with Crippen LogP contribution >= 0.6 is 0 Å². The van der Waals surface area contributed by atoms with Gasteiger partial charge in [0.25, 0.3) is 0 Å².